The highest BCUT2D eigenvalue weighted by molar-refractivity contribution is 5.67. The third-order valence-corrected chi connectivity index (χ3v) is 6.48. The van der Waals surface area contributed by atoms with Crippen molar-refractivity contribution in [2.24, 2.45) is 0 Å². The van der Waals surface area contributed by atoms with E-state index in [2.05, 4.69) is 47.3 Å². The molecule has 1 amide bonds. The van der Waals surface area contributed by atoms with Crippen molar-refractivity contribution in [2.75, 3.05) is 43.4 Å². The van der Waals surface area contributed by atoms with E-state index in [0.29, 0.717) is 11.6 Å². The number of rotatable bonds is 8. The first-order valence-corrected chi connectivity index (χ1v) is 12.5. The number of hydrogen-bond donors (Lipinski definition) is 3. The van der Waals surface area contributed by atoms with E-state index in [0.717, 1.165) is 60.2 Å². The van der Waals surface area contributed by atoms with Gasteiger partial charge in [-0.05, 0) is 31.2 Å². The summed E-state index contributed by atoms with van der Waals surface area (Å²) in [5.41, 5.74) is 3.43. The molecule has 0 aliphatic carbocycles. The van der Waals surface area contributed by atoms with Crippen molar-refractivity contribution in [3.05, 3.63) is 77.9 Å². The van der Waals surface area contributed by atoms with Gasteiger partial charge >= 0.3 is 6.09 Å². The number of carbonyl (C=O) groups is 1. The highest BCUT2D eigenvalue weighted by atomic mass is 16.4. The second kappa shape index (κ2) is 11.3. The molecule has 1 aromatic carbocycles. The smallest absolute Gasteiger partial charge is 0.407 e. The third kappa shape index (κ3) is 6.24. The van der Waals surface area contributed by atoms with E-state index in [9.17, 15) is 9.90 Å². The number of H-pyrrole nitrogens is 1. The first kappa shape index (κ1) is 25.2. The van der Waals surface area contributed by atoms with E-state index in [4.69, 9.17) is 0 Å². The molecule has 11 nitrogen and oxygen atoms in total. The summed E-state index contributed by atoms with van der Waals surface area (Å²) in [6.07, 6.45) is 2.37. The lowest BCUT2D eigenvalue weighted by Crippen LogP contribution is -2.44. The van der Waals surface area contributed by atoms with Crippen LogP contribution in [0.1, 0.15) is 17.0 Å². The van der Waals surface area contributed by atoms with Gasteiger partial charge in [-0.3, -0.25) is 15.0 Å². The molecular formula is C27H31N9O2. The molecule has 38 heavy (non-hydrogen) atoms. The number of pyridine rings is 1. The van der Waals surface area contributed by atoms with Crippen LogP contribution in [-0.4, -0.2) is 79.4 Å². The van der Waals surface area contributed by atoms with Crippen LogP contribution >= 0.6 is 0 Å². The number of benzene rings is 1. The number of likely N-dealkylation sites (N-methyl/N-ethyl adjacent to an activating group) is 1. The zero-order chi connectivity index (χ0) is 26.5. The van der Waals surface area contributed by atoms with E-state index >= 15 is 0 Å². The molecule has 1 aliphatic rings. The van der Waals surface area contributed by atoms with Crippen LogP contribution in [0.5, 0.6) is 0 Å². The Morgan fingerprint density at radius 2 is 1.82 bits per heavy atom. The highest BCUT2D eigenvalue weighted by Gasteiger charge is 2.17. The number of amides is 1. The SMILES string of the molecule is Cc1nc(Nc2cc(-c3ccc(CN(Cc4cccnc4)C(=O)O)cc3)n[nH]2)cc(N2CCN(C)CC2)n1. The molecule has 4 heterocycles. The average Bonchev–Trinajstić information content (AvgIpc) is 3.37. The van der Waals surface area contributed by atoms with Gasteiger partial charge in [0.1, 0.15) is 23.3 Å². The van der Waals surface area contributed by atoms with Gasteiger partial charge in [-0.1, -0.05) is 30.3 Å². The van der Waals surface area contributed by atoms with Crippen molar-refractivity contribution in [2.45, 2.75) is 20.0 Å². The molecule has 4 aromatic rings. The zero-order valence-corrected chi connectivity index (χ0v) is 21.5. The fourth-order valence-electron chi connectivity index (χ4n) is 4.39. The lowest BCUT2D eigenvalue weighted by Gasteiger charge is -2.33. The molecule has 0 atom stereocenters. The van der Waals surface area contributed by atoms with E-state index in [1.54, 1.807) is 18.5 Å². The zero-order valence-electron chi connectivity index (χ0n) is 21.5. The molecule has 3 aromatic heterocycles. The fourth-order valence-corrected chi connectivity index (χ4v) is 4.39. The van der Waals surface area contributed by atoms with Gasteiger partial charge in [-0.15, -0.1) is 0 Å². The molecule has 196 valence electrons. The topological polar surface area (TPSA) is 126 Å². The molecule has 1 saturated heterocycles. The number of hydrogen-bond acceptors (Lipinski definition) is 8. The highest BCUT2D eigenvalue weighted by Crippen LogP contribution is 2.24. The molecule has 3 N–H and O–H groups in total. The minimum atomic E-state index is -0.975. The van der Waals surface area contributed by atoms with Crippen molar-refractivity contribution in [3.8, 4) is 11.3 Å². The summed E-state index contributed by atoms with van der Waals surface area (Å²) in [4.78, 5) is 31.0. The summed E-state index contributed by atoms with van der Waals surface area (Å²) in [5.74, 6) is 3.06. The van der Waals surface area contributed by atoms with Crippen molar-refractivity contribution in [3.63, 3.8) is 0 Å². The minimum absolute atomic E-state index is 0.276. The van der Waals surface area contributed by atoms with E-state index in [-0.39, 0.29) is 13.1 Å². The van der Waals surface area contributed by atoms with Gasteiger partial charge in [0, 0.05) is 62.8 Å². The van der Waals surface area contributed by atoms with E-state index < -0.39 is 6.09 Å². The fraction of sp³-hybridized carbons (Fsp3) is 0.296. The number of aromatic nitrogens is 5. The number of carboxylic acid groups (broad SMARTS) is 1. The molecular weight excluding hydrogens is 482 g/mol. The average molecular weight is 514 g/mol. The number of aryl methyl sites for hydroxylation is 1. The van der Waals surface area contributed by atoms with Crippen molar-refractivity contribution in [1.82, 2.24) is 34.9 Å². The second-order valence-corrected chi connectivity index (χ2v) is 9.44. The normalized spacial score (nSPS) is 13.9. The monoisotopic (exact) mass is 513 g/mol. The molecule has 0 spiro atoms. The number of nitrogens with one attached hydrogen (secondary N) is 2. The van der Waals surface area contributed by atoms with Crippen LogP contribution in [0.25, 0.3) is 11.3 Å². The summed E-state index contributed by atoms with van der Waals surface area (Å²) >= 11 is 0. The van der Waals surface area contributed by atoms with E-state index in [1.165, 1.54) is 4.90 Å². The van der Waals surface area contributed by atoms with Gasteiger partial charge in [0.15, 0.2) is 0 Å². The largest absolute Gasteiger partial charge is 0.465 e. The van der Waals surface area contributed by atoms with Crippen LogP contribution in [0, 0.1) is 6.92 Å². The third-order valence-electron chi connectivity index (χ3n) is 6.48. The predicted octanol–water partition coefficient (Wildman–Crippen LogP) is 3.75. The first-order valence-electron chi connectivity index (χ1n) is 12.5. The predicted molar refractivity (Wildman–Crippen MR) is 145 cm³/mol. The summed E-state index contributed by atoms with van der Waals surface area (Å²) in [5, 5.41) is 20.4. The summed E-state index contributed by atoms with van der Waals surface area (Å²) in [6.45, 7) is 6.33. The van der Waals surface area contributed by atoms with Gasteiger partial charge in [0.05, 0.1) is 12.2 Å². The molecule has 0 saturated carbocycles. The first-order chi connectivity index (χ1) is 18.4. The van der Waals surface area contributed by atoms with Crippen LogP contribution in [0.2, 0.25) is 0 Å². The number of aromatic amines is 1. The maximum atomic E-state index is 11.8. The van der Waals surface area contributed by atoms with E-state index in [1.807, 2.05) is 49.4 Å². The number of piperazine rings is 1. The lowest BCUT2D eigenvalue weighted by molar-refractivity contribution is 0.139. The van der Waals surface area contributed by atoms with Gasteiger partial charge in [0.2, 0.25) is 0 Å². The van der Waals surface area contributed by atoms with Crippen LogP contribution in [0.3, 0.4) is 0 Å². The molecule has 0 bridgehead atoms. The number of nitrogens with zero attached hydrogens (tertiary/aromatic N) is 7. The Bertz CT molecular complexity index is 1370. The van der Waals surface area contributed by atoms with Crippen molar-refractivity contribution < 1.29 is 9.90 Å². The molecule has 5 rings (SSSR count). The molecule has 0 unspecified atom stereocenters. The Labute approximate surface area is 221 Å². The maximum absolute atomic E-state index is 11.8. The summed E-state index contributed by atoms with van der Waals surface area (Å²) in [6, 6.07) is 15.3. The maximum Gasteiger partial charge on any atom is 0.407 e. The Morgan fingerprint density at radius 3 is 2.53 bits per heavy atom. The Balaban J connectivity index is 1.24. The summed E-state index contributed by atoms with van der Waals surface area (Å²) < 4.78 is 0. The second-order valence-electron chi connectivity index (χ2n) is 9.44. The quantitative estimate of drug-likeness (QED) is 0.323. The van der Waals surface area contributed by atoms with Crippen molar-refractivity contribution in [1.29, 1.82) is 0 Å². The summed E-state index contributed by atoms with van der Waals surface area (Å²) in [7, 11) is 2.13. The van der Waals surface area contributed by atoms with Crippen LogP contribution in [0.15, 0.2) is 60.9 Å². The number of anilines is 3. The standard InChI is InChI=1S/C27H31N9O2/c1-19-29-24(15-26(30-19)35-12-10-34(2)11-13-35)31-25-14-23(32-33-25)22-7-5-20(6-8-22)17-36(27(37)38)18-21-4-3-9-28-16-21/h3-9,14-16H,10-13,17-18H2,1-2H3,(H,37,38)(H2,29,30,31,32,33). The molecule has 0 radical (unpaired) electrons. The van der Waals surface area contributed by atoms with Crippen LogP contribution in [-0.2, 0) is 13.1 Å². The molecule has 1 aliphatic heterocycles. The Morgan fingerprint density at radius 1 is 1.05 bits per heavy atom. The van der Waals surface area contributed by atoms with Gasteiger partial charge in [-0.25, -0.2) is 14.8 Å². The van der Waals surface area contributed by atoms with Gasteiger partial charge < -0.3 is 20.2 Å². The minimum Gasteiger partial charge on any atom is -0.465 e. The molecule has 11 heteroatoms. The van der Waals surface area contributed by atoms with Crippen molar-refractivity contribution >= 4 is 23.5 Å². The lowest BCUT2D eigenvalue weighted by atomic mass is 10.1. The van der Waals surface area contributed by atoms with Crippen LogP contribution in [0.4, 0.5) is 22.2 Å². The molecule has 1 fully saturated rings. The van der Waals surface area contributed by atoms with Gasteiger partial charge in [0.25, 0.3) is 0 Å². The van der Waals surface area contributed by atoms with Gasteiger partial charge in [-0.2, -0.15) is 5.10 Å². The Hall–Kier alpha value is -4.51. The Kier molecular flexibility index (Phi) is 7.45. The van der Waals surface area contributed by atoms with Crippen LogP contribution < -0.4 is 10.2 Å².